The van der Waals surface area contributed by atoms with Crippen LogP contribution >= 0.6 is 11.3 Å². The summed E-state index contributed by atoms with van der Waals surface area (Å²) in [6, 6.07) is 60.8. The van der Waals surface area contributed by atoms with Crippen molar-refractivity contribution in [2.75, 3.05) is 0 Å². The van der Waals surface area contributed by atoms with Crippen molar-refractivity contribution in [2.24, 2.45) is 0 Å². The average Bonchev–Trinajstić information content (AvgIpc) is 3.81. The first kappa shape index (κ1) is 30.1. The van der Waals surface area contributed by atoms with E-state index in [1.165, 1.54) is 4.70 Å². The molecule has 0 unspecified atom stereocenters. The highest BCUT2D eigenvalue weighted by Gasteiger charge is 2.22. The summed E-state index contributed by atoms with van der Waals surface area (Å²) in [4.78, 5) is 20.7. The van der Waals surface area contributed by atoms with Crippen molar-refractivity contribution in [1.82, 2.24) is 24.5 Å². The van der Waals surface area contributed by atoms with Crippen LogP contribution in [0.2, 0.25) is 0 Å². The number of fused-ring (bicyclic) bond motifs is 4. The van der Waals surface area contributed by atoms with Crippen LogP contribution in [0.25, 0.3) is 93.6 Å². The molecule has 0 atom stereocenters. The average molecular weight is 684 g/mol. The minimum absolute atomic E-state index is 0.629. The smallest absolute Gasteiger partial charge is 0.164 e. The molecule has 0 amide bonds. The molecule has 0 saturated carbocycles. The predicted molar refractivity (Wildman–Crippen MR) is 215 cm³/mol. The maximum absolute atomic E-state index is 5.27. The van der Waals surface area contributed by atoms with Gasteiger partial charge in [-0.25, -0.2) is 19.9 Å². The number of rotatable bonds is 6. The van der Waals surface area contributed by atoms with E-state index in [1.54, 1.807) is 11.3 Å². The molecular formula is C46H29N5S. The minimum atomic E-state index is 0.629. The third-order valence-electron chi connectivity index (χ3n) is 9.47. The van der Waals surface area contributed by atoms with E-state index in [2.05, 4.69) is 144 Å². The Morgan fingerprint density at radius 3 is 1.67 bits per heavy atom. The highest BCUT2D eigenvalue weighted by Crippen LogP contribution is 2.45. The molecule has 10 rings (SSSR count). The first-order valence-electron chi connectivity index (χ1n) is 17.2. The Balaban J connectivity index is 1.23. The summed E-state index contributed by atoms with van der Waals surface area (Å²) in [6.07, 6.45) is 0. The molecule has 0 bridgehead atoms. The third kappa shape index (κ3) is 5.16. The zero-order valence-electron chi connectivity index (χ0n) is 27.9. The molecule has 3 aromatic heterocycles. The highest BCUT2D eigenvalue weighted by molar-refractivity contribution is 7.26. The number of benzene rings is 7. The topological polar surface area (TPSA) is 56.5 Å². The second-order valence-corrected chi connectivity index (χ2v) is 13.8. The lowest BCUT2D eigenvalue weighted by Crippen LogP contribution is -2.01. The Kier molecular flexibility index (Phi) is 7.25. The van der Waals surface area contributed by atoms with Crippen molar-refractivity contribution in [3.05, 3.63) is 176 Å². The van der Waals surface area contributed by atoms with E-state index in [0.717, 1.165) is 71.4 Å². The molecule has 0 aliphatic rings. The molecule has 52 heavy (non-hydrogen) atoms. The van der Waals surface area contributed by atoms with Crippen LogP contribution in [0, 0.1) is 0 Å². The Hall–Kier alpha value is -6.76. The fourth-order valence-electron chi connectivity index (χ4n) is 7.09. The fraction of sp³-hybridized carbons (Fsp3) is 0. The van der Waals surface area contributed by atoms with Crippen LogP contribution in [0.15, 0.2) is 176 Å². The quantitative estimate of drug-likeness (QED) is 0.175. The van der Waals surface area contributed by atoms with Gasteiger partial charge in [-0.1, -0.05) is 133 Å². The SMILES string of the molecule is c1ccc(-c2cccc(-c3nc(-c4ccccc4)nc(-c4cccc5sc6cccc(-c7nc8ccccc8n7-c7ccccc7)c6c45)n3)c2)cc1. The van der Waals surface area contributed by atoms with Crippen LogP contribution < -0.4 is 0 Å². The maximum atomic E-state index is 5.27. The van der Waals surface area contributed by atoms with Gasteiger partial charge in [-0.15, -0.1) is 11.3 Å². The summed E-state index contributed by atoms with van der Waals surface area (Å²) in [5.74, 6) is 2.79. The van der Waals surface area contributed by atoms with Crippen molar-refractivity contribution in [2.45, 2.75) is 0 Å². The molecule has 0 radical (unpaired) electrons. The predicted octanol–water partition coefficient (Wildman–Crippen LogP) is 11.9. The van der Waals surface area contributed by atoms with Gasteiger partial charge < -0.3 is 0 Å². The van der Waals surface area contributed by atoms with Crippen LogP contribution in [0.4, 0.5) is 0 Å². The van der Waals surface area contributed by atoms with Gasteiger partial charge >= 0.3 is 0 Å². The van der Waals surface area contributed by atoms with E-state index in [4.69, 9.17) is 19.9 Å². The van der Waals surface area contributed by atoms with E-state index < -0.39 is 0 Å². The lowest BCUT2D eigenvalue weighted by atomic mass is 10.0. The number of thiophene rings is 1. The first-order valence-corrected chi connectivity index (χ1v) is 18.1. The second kappa shape index (κ2) is 12.5. The van der Waals surface area contributed by atoms with Crippen LogP contribution in [0.1, 0.15) is 0 Å². The molecule has 0 fully saturated rings. The molecule has 0 aliphatic heterocycles. The summed E-state index contributed by atoms with van der Waals surface area (Å²) in [7, 11) is 0. The fourth-order valence-corrected chi connectivity index (χ4v) is 8.25. The van der Waals surface area contributed by atoms with Crippen molar-refractivity contribution in [1.29, 1.82) is 0 Å². The number of aromatic nitrogens is 5. The van der Waals surface area contributed by atoms with E-state index in [9.17, 15) is 0 Å². The van der Waals surface area contributed by atoms with E-state index >= 15 is 0 Å². The first-order chi connectivity index (χ1) is 25.8. The summed E-state index contributed by atoms with van der Waals surface area (Å²) in [5, 5.41) is 2.25. The summed E-state index contributed by atoms with van der Waals surface area (Å²) < 4.78 is 4.61. The van der Waals surface area contributed by atoms with Gasteiger partial charge in [-0.2, -0.15) is 0 Å². The molecule has 0 N–H and O–H groups in total. The van der Waals surface area contributed by atoms with Gasteiger partial charge in [0.2, 0.25) is 0 Å². The standard InChI is InChI=1S/C46H29N5S/c1-4-15-30(16-5-1)32-19-12-20-33(29-32)44-48-43(31-17-6-2-7-18-31)49-45(50-44)35-23-13-27-39-41(35)42-36(24-14-28-40(42)52-39)46-47-37-25-10-11-26-38(37)51(46)34-21-8-3-9-22-34/h1-29H. The van der Waals surface area contributed by atoms with Gasteiger partial charge in [0, 0.05) is 48.1 Å². The van der Waals surface area contributed by atoms with Gasteiger partial charge in [0.15, 0.2) is 17.5 Å². The molecule has 6 heteroatoms. The van der Waals surface area contributed by atoms with Crippen molar-refractivity contribution < 1.29 is 0 Å². The summed E-state index contributed by atoms with van der Waals surface area (Å²) >= 11 is 1.78. The lowest BCUT2D eigenvalue weighted by Gasteiger charge is -2.12. The van der Waals surface area contributed by atoms with Crippen LogP contribution in [0.5, 0.6) is 0 Å². The minimum Gasteiger partial charge on any atom is -0.292 e. The molecule has 5 nitrogen and oxygen atoms in total. The molecule has 0 aliphatic carbocycles. The highest BCUT2D eigenvalue weighted by atomic mass is 32.1. The number of hydrogen-bond donors (Lipinski definition) is 0. The Bertz CT molecular complexity index is 2900. The van der Waals surface area contributed by atoms with Crippen LogP contribution in [0.3, 0.4) is 0 Å². The van der Waals surface area contributed by atoms with E-state index in [1.807, 2.05) is 36.4 Å². The van der Waals surface area contributed by atoms with Gasteiger partial charge in [0.25, 0.3) is 0 Å². The van der Waals surface area contributed by atoms with Crippen LogP contribution in [-0.2, 0) is 0 Å². The van der Waals surface area contributed by atoms with Gasteiger partial charge in [0.05, 0.1) is 11.0 Å². The number of hydrogen-bond acceptors (Lipinski definition) is 5. The molecule has 10 aromatic rings. The number of para-hydroxylation sites is 3. The van der Waals surface area contributed by atoms with Gasteiger partial charge in [-0.3, -0.25) is 4.57 Å². The molecule has 0 saturated heterocycles. The van der Waals surface area contributed by atoms with E-state index in [-0.39, 0.29) is 0 Å². The lowest BCUT2D eigenvalue weighted by molar-refractivity contribution is 1.08. The molecule has 3 heterocycles. The summed E-state index contributed by atoms with van der Waals surface area (Å²) in [5.41, 5.74) is 9.22. The number of imidazole rings is 1. The van der Waals surface area contributed by atoms with Crippen molar-refractivity contribution in [3.63, 3.8) is 0 Å². The van der Waals surface area contributed by atoms with Crippen molar-refractivity contribution in [3.8, 4) is 62.4 Å². The Morgan fingerprint density at radius 2 is 0.923 bits per heavy atom. The van der Waals surface area contributed by atoms with Gasteiger partial charge in [0.1, 0.15) is 5.82 Å². The van der Waals surface area contributed by atoms with Crippen LogP contribution in [-0.4, -0.2) is 24.5 Å². The third-order valence-corrected chi connectivity index (χ3v) is 10.6. The molecular weight excluding hydrogens is 655 g/mol. The summed E-state index contributed by atoms with van der Waals surface area (Å²) in [6.45, 7) is 0. The Morgan fingerprint density at radius 1 is 0.385 bits per heavy atom. The zero-order chi connectivity index (χ0) is 34.4. The van der Waals surface area contributed by atoms with E-state index in [0.29, 0.717) is 17.5 Å². The maximum Gasteiger partial charge on any atom is 0.164 e. The molecule has 7 aromatic carbocycles. The number of nitrogens with zero attached hydrogens (tertiary/aromatic N) is 5. The zero-order valence-corrected chi connectivity index (χ0v) is 28.7. The second-order valence-electron chi connectivity index (χ2n) is 12.7. The Labute approximate surface area is 304 Å². The van der Waals surface area contributed by atoms with Crippen molar-refractivity contribution >= 4 is 42.5 Å². The van der Waals surface area contributed by atoms with Gasteiger partial charge in [-0.05, 0) is 53.6 Å². The normalized spacial score (nSPS) is 11.5. The monoisotopic (exact) mass is 683 g/mol. The molecule has 0 spiro atoms. The largest absolute Gasteiger partial charge is 0.292 e. The molecule has 244 valence electrons.